The molecule has 0 aromatic rings. The number of carboxylic acid groups (broad SMARTS) is 1. The molecule has 0 aliphatic carbocycles. The van der Waals surface area contributed by atoms with Crippen LogP contribution in [-0.4, -0.2) is 18.5 Å². The number of rotatable bonds is 5. The lowest BCUT2D eigenvalue weighted by atomic mass is 9.88. The van der Waals surface area contributed by atoms with E-state index in [1.165, 1.54) is 0 Å². The number of esters is 1. The van der Waals surface area contributed by atoms with Gasteiger partial charge in [0.2, 0.25) is 0 Å². The van der Waals surface area contributed by atoms with Crippen LogP contribution in [0.2, 0.25) is 0 Å². The standard InChI is InChI=1S/C9H16O4/c1-4-13-8(12)9(2,3)6-5-7(10)11/h4-6H2,1-3H3,(H,10,11)/p-1. The van der Waals surface area contributed by atoms with E-state index in [-0.39, 0.29) is 18.8 Å². The average Bonchev–Trinajstić information content (AvgIpc) is 2.01. The highest BCUT2D eigenvalue weighted by Gasteiger charge is 2.28. The van der Waals surface area contributed by atoms with Crippen molar-refractivity contribution in [2.45, 2.75) is 33.6 Å². The Balaban J connectivity index is 4.05. The van der Waals surface area contributed by atoms with E-state index >= 15 is 0 Å². The van der Waals surface area contributed by atoms with Crippen molar-refractivity contribution in [3.63, 3.8) is 0 Å². The molecule has 0 atom stereocenters. The molecule has 0 aromatic carbocycles. The number of carbonyl (C=O) groups is 2. The first kappa shape index (κ1) is 11.9. The monoisotopic (exact) mass is 187 g/mol. The molecular weight excluding hydrogens is 172 g/mol. The summed E-state index contributed by atoms with van der Waals surface area (Å²) in [5.74, 6) is -1.51. The second-order valence-electron chi connectivity index (χ2n) is 3.48. The zero-order chi connectivity index (χ0) is 10.5. The molecule has 0 unspecified atom stereocenters. The van der Waals surface area contributed by atoms with Gasteiger partial charge in [-0.25, -0.2) is 0 Å². The SMILES string of the molecule is CCOC(=O)C(C)(C)CCC(=O)[O-]. The molecule has 0 saturated heterocycles. The molecule has 0 bridgehead atoms. The molecule has 0 radical (unpaired) electrons. The van der Waals surface area contributed by atoms with E-state index in [1.54, 1.807) is 20.8 Å². The van der Waals surface area contributed by atoms with Crippen LogP contribution in [0.4, 0.5) is 0 Å². The zero-order valence-electron chi connectivity index (χ0n) is 8.25. The fourth-order valence-corrected chi connectivity index (χ4v) is 0.843. The average molecular weight is 187 g/mol. The summed E-state index contributed by atoms with van der Waals surface area (Å²) < 4.78 is 4.79. The Morgan fingerprint density at radius 3 is 2.31 bits per heavy atom. The van der Waals surface area contributed by atoms with E-state index in [2.05, 4.69) is 0 Å². The van der Waals surface area contributed by atoms with Crippen LogP contribution in [0.3, 0.4) is 0 Å². The van der Waals surface area contributed by atoms with E-state index < -0.39 is 11.4 Å². The van der Waals surface area contributed by atoms with Gasteiger partial charge in [-0.1, -0.05) is 0 Å². The molecule has 13 heavy (non-hydrogen) atoms. The minimum atomic E-state index is -1.14. The van der Waals surface area contributed by atoms with Crippen LogP contribution in [0.1, 0.15) is 33.6 Å². The lowest BCUT2D eigenvalue weighted by molar-refractivity contribution is -0.306. The van der Waals surface area contributed by atoms with Crippen LogP contribution in [0.15, 0.2) is 0 Å². The predicted molar refractivity (Wildman–Crippen MR) is 44.7 cm³/mol. The second kappa shape index (κ2) is 4.84. The summed E-state index contributed by atoms with van der Waals surface area (Å²) in [4.78, 5) is 21.4. The fourth-order valence-electron chi connectivity index (χ4n) is 0.843. The van der Waals surface area contributed by atoms with E-state index in [1.807, 2.05) is 0 Å². The molecule has 0 aliphatic heterocycles. The van der Waals surface area contributed by atoms with Gasteiger partial charge < -0.3 is 14.6 Å². The zero-order valence-corrected chi connectivity index (χ0v) is 8.25. The summed E-state index contributed by atoms with van der Waals surface area (Å²) in [6, 6.07) is 0. The van der Waals surface area contributed by atoms with Crippen LogP contribution in [0.5, 0.6) is 0 Å². The van der Waals surface area contributed by atoms with Crippen molar-refractivity contribution < 1.29 is 19.4 Å². The van der Waals surface area contributed by atoms with Crippen molar-refractivity contribution in [2.24, 2.45) is 5.41 Å². The van der Waals surface area contributed by atoms with Crippen molar-refractivity contribution in [1.82, 2.24) is 0 Å². The van der Waals surface area contributed by atoms with Gasteiger partial charge in [0, 0.05) is 5.97 Å². The predicted octanol–water partition coefficient (Wildman–Crippen LogP) is 0.106. The van der Waals surface area contributed by atoms with Gasteiger partial charge in [0.25, 0.3) is 0 Å². The molecule has 0 rings (SSSR count). The third kappa shape index (κ3) is 4.50. The number of hydrogen-bond donors (Lipinski definition) is 0. The van der Waals surface area contributed by atoms with Crippen molar-refractivity contribution in [1.29, 1.82) is 0 Å². The minimum Gasteiger partial charge on any atom is -0.550 e. The molecule has 0 N–H and O–H groups in total. The van der Waals surface area contributed by atoms with Crippen LogP contribution < -0.4 is 5.11 Å². The van der Waals surface area contributed by atoms with Crippen molar-refractivity contribution in [2.75, 3.05) is 6.61 Å². The van der Waals surface area contributed by atoms with Gasteiger partial charge in [0.05, 0.1) is 12.0 Å². The molecule has 0 spiro atoms. The first-order valence-electron chi connectivity index (χ1n) is 4.27. The normalized spacial score (nSPS) is 11.0. The number of hydrogen-bond acceptors (Lipinski definition) is 4. The maximum absolute atomic E-state index is 11.2. The van der Waals surface area contributed by atoms with Gasteiger partial charge in [-0.3, -0.25) is 4.79 Å². The van der Waals surface area contributed by atoms with Crippen LogP contribution in [0, 0.1) is 5.41 Å². The number of ether oxygens (including phenoxy) is 1. The maximum Gasteiger partial charge on any atom is 0.311 e. The Hall–Kier alpha value is -1.06. The first-order chi connectivity index (χ1) is 5.90. The molecule has 4 nitrogen and oxygen atoms in total. The Bertz CT molecular complexity index is 196. The molecule has 76 valence electrons. The third-order valence-electron chi connectivity index (χ3n) is 1.78. The van der Waals surface area contributed by atoms with E-state index in [0.717, 1.165) is 0 Å². The molecular formula is C9H15O4-. The summed E-state index contributed by atoms with van der Waals surface area (Å²) in [5, 5.41) is 10.2. The van der Waals surface area contributed by atoms with Gasteiger partial charge in [0.15, 0.2) is 0 Å². The van der Waals surface area contributed by atoms with E-state index in [0.29, 0.717) is 6.61 Å². The third-order valence-corrected chi connectivity index (χ3v) is 1.78. The minimum absolute atomic E-state index is 0.119. The molecule has 0 saturated carbocycles. The van der Waals surface area contributed by atoms with Gasteiger partial charge in [0.1, 0.15) is 0 Å². The Labute approximate surface area is 77.9 Å². The summed E-state index contributed by atoms with van der Waals surface area (Å²) in [6.45, 7) is 5.35. The summed E-state index contributed by atoms with van der Waals surface area (Å²) in [7, 11) is 0. The Morgan fingerprint density at radius 1 is 1.38 bits per heavy atom. The number of carboxylic acids is 1. The van der Waals surface area contributed by atoms with Crippen LogP contribution in [-0.2, 0) is 14.3 Å². The highest BCUT2D eigenvalue weighted by molar-refractivity contribution is 5.76. The van der Waals surface area contributed by atoms with Gasteiger partial charge in [-0.15, -0.1) is 0 Å². The van der Waals surface area contributed by atoms with Gasteiger partial charge in [-0.05, 0) is 33.6 Å². The second-order valence-corrected chi connectivity index (χ2v) is 3.48. The lowest BCUT2D eigenvalue weighted by Crippen LogP contribution is -2.30. The largest absolute Gasteiger partial charge is 0.550 e. The highest BCUT2D eigenvalue weighted by atomic mass is 16.5. The van der Waals surface area contributed by atoms with Crippen molar-refractivity contribution in [3.05, 3.63) is 0 Å². The Morgan fingerprint density at radius 2 is 1.92 bits per heavy atom. The lowest BCUT2D eigenvalue weighted by Gasteiger charge is -2.22. The maximum atomic E-state index is 11.2. The molecule has 0 fully saturated rings. The van der Waals surface area contributed by atoms with Crippen molar-refractivity contribution in [3.8, 4) is 0 Å². The molecule has 4 heteroatoms. The molecule has 0 heterocycles. The van der Waals surface area contributed by atoms with Gasteiger partial charge >= 0.3 is 5.97 Å². The van der Waals surface area contributed by atoms with Crippen LogP contribution >= 0.6 is 0 Å². The van der Waals surface area contributed by atoms with Crippen molar-refractivity contribution >= 4 is 11.9 Å². The Kier molecular flexibility index (Phi) is 4.45. The summed E-state index contributed by atoms with van der Waals surface area (Å²) in [5.41, 5.74) is -0.740. The van der Waals surface area contributed by atoms with Gasteiger partial charge in [-0.2, -0.15) is 0 Å². The highest BCUT2D eigenvalue weighted by Crippen LogP contribution is 2.23. The number of aliphatic carboxylic acids is 1. The molecule has 0 aliphatic rings. The molecule has 0 aromatic heterocycles. The smallest absolute Gasteiger partial charge is 0.311 e. The fraction of sp³-hybridized carbons (Fsp3) is 0.778. The topological polar surface area (TPSA) is 66.4 Å². The van der Waals surface area contributed by atoms with E-state index in [4.69, 9.17) is 4.74 Å². The summed E-state index contributed by atoms with van der Waals surface area (Å²) >= 11 is 0. The number of carbonyl (C=O) groups excluding carboxylic acids is 2. The molecule has 0 amide bonds. The summed E-state index contributed by atoms with van der Waals surface area (Å²) in [6.07, 6.45) is 0.125. The first-order valence-corrected chi connectivity index (χ1v) is 4.27. The van der Waals surface area contributed by atoms with Crippen LogP contribution in [0.25, 0.3) is 0 Å². The quantitative estimate of drug-likeness (QED) is 0.573. The van der Waals surface area contributed by atoms with E-state index in [9.17, 15) is 14.7 Å².